The molecule has 0 amide bonds. The lowest BCUT2D eigenvalue weighted by Gasteiger charge is -2.15. The van der Waals surface area contributed by atoms with Crippen LogP contribution >= 0.6 is 0 Å². The van der Waals surface area contributed by atoms with Crippen molar-refractivity contribution in [2.24, 2.45) is 23.7 Å². The molecule has 1 rings (SSSR count). The standard InChI is InChI=1S/C66H118O8/c1-55(2)45-37-29-21-13-9-17-25-33-41-49-71-63(67)59-53-61(65(69)73-51-43-35-27-19-11-15-23-31-39-47-57(5)6)62(66(70)74-52-44-36-28-20-12-16-24-32-40-48-58(7)8)54-60(59)64(68)72-50-42-34-26-18-10-14-22-30-38-46-56(3)4/h53-58H,9-52H2,1-8H3. The van der Waals surface area contributed by atoms with E-state index in [0.29, 0.717) is 25.7 Å². The quantitative estimate of drug-likeness (QED) is 0.0361. The summed E-state index contributed by atoms with van der Waals surface area (Å²) < 4.78 is 23.1. The number of unbranched alkanes of at least 4 members (excludes halogenated alkanes) is 32. The first-order valence-corrected chi connectivity index (χ1v) is 31.7. The van der Waals surface area contributed by atoms with Gasteiger partial charge in [0, 0.05) is 0 Å². The Labute approximate surface area is 456 Å². The van der Waals surface area contributed by atoms with Crippen molar-refractivity contribution in [1.29, 1.82) is 0 Å². The van der Waals surface area contributed by atoms with Gasteiger partial charge >= 0.3 is 23.9 Å². The molecular formula is C66H118O8. The highest BCUT2D eigenvalue weighted by atomic mass is 16.5. The second kappa shape index (κ2) is 48.5. The first-order chi connectivity index (χ1) is 35.8. The van der Waals surface area contributed by atoms with E-state index in [9.17, 15) is 19.2 Å². The van der Waals surface area contributed by atoms with Crippen LogP contribution in [0.5, 0.6) is 0 Å². The number of carbonyl (C=O) groups is 4. The molecule has 0 saturated heterocycles. The molecule has 8 nitrogen and oxygen atoms in total. The van der Waals surface area contributed by atoms with E-state index in [0.717, 1.165) is 101 Å². The maximum Gasteiger partial charge on any atom is 0.339 e. The molecule has 430 valence electrons. The topological polar surface area (TPSA) is 105 Å². The van der Waals surface area contributed by atoms with Crippen LogP contribution in [-0.2, 0) is 18.9 Å². The lowest BCUT2D eigenvalue weighted by molar-refractivity contribution is 0.0434. The molecule has 0 aliphatic carbocycles. The number of carbonyl (C=O) groups excluding carboxylic acids is 4. The minimum absolute atomic E-state index is 0.0894. The molecular weight excluding hydrogens is 921 g/mol. The summed E-state index contributed by atoms with van der Waals surface area (Å²) in [6, 6.07) is 2.62. The van der Waals surface area contributed by atoms with Gasteiger partial charge in [-0.25, -0.2) is 19.2 Å². The highest BCUT2D eigenvalue weighted by Gasteiger charge is 2.29. The van der Waals surface area contributed by atoms with Gasteiger partial charge in [0.1, 0.15) is 0 Å². The van der Waals surface area contributed by atoms with Gasteiger partial charge in [-0.15, -0.1) is 0 Å². The van der Waals surface area contributed by atoms with Crippen molar-refractivity contribution < 1.29 is 38.1 Å². The van der Waals surface area contributed by atoms with Crippen LogP contribution in [0.3, 0.4) is 0 Å². The summed E-state index contributed by atoms with van der Waals surface area (Å²) in [6.45, 7) is 19.1. The summed E-state index contributed by atoms with van der Waals surface area (Å²) in [5.74, 6) is 0.235. The Hall–Kier alpha value is -2.90. The van der Waals surface area contributed by atoms with E-state index in [1.54, 1.807) is 0 Å². The third-order valence-electron chi connectivity index (χ3n) is 14.7. The summed E-state index contributed by atoms with van der Waals surface area (Å²) in [4.78, 5) is 55.7. The average Bonchev–Trinajstić information content (AvgIpc) is 3.36. The van der Waals surface area contributed by atoms with Gasteiger partial charge in [-0.1, -0.05) is 287 Å². The molecule has 0 saturated carbocycles. The van der Waals surface area contributed by atoms with Crippen LogP contribution in [0.15, 0.2) is 12.1 Å². The average molecular weight is 1040 g/mol. The monoisotopic (exact) mass is 1040 g/mol. The van der Waals surface area contributed by atoms with E-state index in [1.165, 1.54) is 166 Å². The van der Waals surface area contributed by atoms with E-state index < -0.39 is 23.9 Å². The first kappa shape index (κ1) is 69.1. The molecule has 0 spiro atoms. The normalized spacial score (nSPS) is 11.6. The van der Waals surface area contributed by atoms with Gasteiger partial charge in [-0.3, -0.25) is 0 Å². The van der Waals surface area contributed by atoms with Crippen molar-refractivity contribution in [2.45, 2.75) is 312 Å². The summed E-state index contributed by atoms with van der Waals surface area (Å²) in [6.07, 6.45) is 46.3. The molecule has 0 aliphatic heterocycles. The fraction of sp³-hybridized carbons (Fsp3) is 0.848. The molecule has 0 aliphatic rings. The molecule has 0 unspecified atom stereocenters. The molecule has 8 heteroatoms. The van der Waals surface area contributed by atoms with Crippen molar-refractivity contribution in [3.8, 4) is 0 Å². The Balaban J connectivity index is 3.04. The van der Waals surface area contributed by atoms with Crippen molar-refractivity contribution in [3.05, 3.63) is 34.4 Å². The molecule has 0 heterocycles. The Kier molecular flexibility index (Phi) is 45.3. The van der Waals surface area contributed by atoms with Crippen LogP contribution in [0, 0.1) is 23.7 Å². The lowest BCUT2D eigenvalue weighted by atomic mass is 9.97. The van der Waals surface area contributed by atoms with Crippen LogP contribution in [0.2, 0.25) is 0 Å². The fourth-order valence-corrected chi connectivity index (χ4v) is 9.81. The number of hydrogen-bond acceptors (Lipinski definition) is 8. The van der Waals surface area contributed by atoms with Gasteiger partial charge in [-0.05, 0) is 61.5 Å². The zero-order valence-electron chi connectivity index (χ0n) is 49.8. The molecule has 1 aromatic rings. The Morgan fingerprint density at radius 2 is 0.378 bits per heavy atom. The maximum absolute atomic E-state index is 13.9. The smallest absolute Gasteiger partial charge is 0.339 e. The molecule has 0 N–H and O–H groups in total. The molecule has 0 fully saturated rings. The largest absolute Gasteiger partial charge is 0.462 e. The SMILES string of the molecule is CC(C)CCCCCCCCCCCOC(=O)c1cc(C(=O)OCCCCCCCCCCCC(C)C)c(C(=O)OCCCCCCCCCCCC(C)C)cc1C(=O)OCCCCCCCCCCCC(C)C. The van der Waals surface area contributed by atoms with Crippen molar-refractivity contribution in [2.75, 3.05) is 26.4 Å². The Morgan fingerprint density at radius 1 is 0.243 bits per heavy atom. The minimum Gasteiger partial charge on any atom is -0.462 e. The molecule has 0 aromatic heterocycles. The minimum atomic E-state index is -0.716. The number of ether oxygens (including phenoxy) is 4. The zero-order valence-corrected chi connectivity index (χ0v) is 49.8. The van der Waals surface area contributed by atoms with E-state index >= 15 is 0 Å². The highest BCUT2D eigenvalue weighted by molar-refractivity contribution is 6.10. The highest BCUT2D eigenvalue weighted by Crippen LogP contribution is 2.24. The predicted octanol–water partition coefficient (Wildman–Crippen LogP) is 20.5. The zero-order chi connectivity index (χ0) is 54.3. The summed E-state index contributed by atoms with van der Waals surface area (Å²) in [7, 11) is 0. The van der Waals surface area contributed by atoms with Gasteiger partial charge < -0.3 is 18.9 Å². The van der Waals surface area contributed by atoms with Crippen LogP contribution < -0.4 is 0 Å². The second-order valence-electron chi connectivity index (χ2n) is 23.9. The van der Waals surface area contributed by atoms with Gasteiger partial charge in [0.2, 0.25) is 0 Å². The Morgan fingerprint density at radius 3 is 0.527 bits per heavy atom. The lowest BCUT2D eigenvalue weighted by Crippen LogP contribution is -2.21. The first-order valence-electron chi connectivity index (χ1n) is 31.7. The third kappa shape index (κ3) is 40.4. The summed E-state index contributed by atoms with van der Waals surface area (Å²) in [5.41, 5.74) is -0.357. The van der Waals surface area contributed by atoms with Crippen molar-refractivity contribution >= 4 is 23.9 Å². The third-order valence-corrected chi connectivity index (χ3v) is 14.7. The number of benzene rings is 1. The summed E-state index contributed by atoms with van der Waals surface area (Å²) >= 11 is 0. The van der Waals surface area contributed by atoms with Crippen molar-refractivity contribution in [1.82, 2.24) is 0 Å². The Bertz CT molecular complexity index is 1300. The van der Waals surface area contributed by atoms with Crippen LogP contribution in [0.4, 0.5) is 0 Å². The van der Waals surface area contributed by atoms with E-state index in [4.69, 9.17) is 18.9 Å². The predicted molar refractivity (Wildman–Crippen MR) is 312 cm³/mol. The van der Waals surface area contributed by atoms with Crippen LogP contribution in [0.1, 0.15) is 354 Å². The molecule has 0 radical (unpaired) electrons. The second-order valence-corrected chi connectivity index (χ2v) is 23.9. The van der Waals surface area contributed by atoms with Gasteiger partial charge in [-0.2, -0.15) is 0 Å². The van der Waals surface area contributed by atoms with Gasteiger partial charge in [0.05, 0.1) is 48.7 Å². The van der Waals surface area contributed by atoms with Gasteiger partial charge in [0.25, 0.3) is 0 Å². The maximum atomic E-state index is 13.9. The fourth-order valence-electron chi connectivity index (χ4n) is 9.81. The molecule has 74 heavy (non-hydrogen) atoms. The summed E-state index contributed by atoms with van der Waals surface area (Å²) in [5, 5.41) is 0. The number of hydrogen-bond donors (Lipinski definition) is 0. The van der Waals surface area contributed by atoms with Crippen molar-refractivity contribution in [3.63, 3.8) is 0 Å². The molecule has 0 bridgehead atoms. The molecule has 0 atom stereocenters. The van der Waals surface area contributed by atoms with E-state index in [1.807, 2.05) is 0 Å². The van der Waals surface area contributed by atoms with Crippen LogP contribution in [-0.4, -0.2) is 50.3 Å². The van der Waals surface area contributed by atoms with Crippen LogP contribution in [0.25, 0.3) is 0 Å². The molecule has 1 aromatic carbocycles. The van der Waals surface area contributed by atoms with E-state index in [-0.39, 0.29) is 48.7 Å². The number of rotatable bonds is 52. The number of esters is 4. The van der Waals surface area contributed by atoms with Gasteiger partial charge in [0.15, 0.2) is 0 Å². The van der Waals surface area contributed by atoms with E-state index in [2.05, 4.69) is 55.4 Å².